The molecule has 5 atom stereocenters. The molecule has 2 aliphatic carbocycles. The van der Waals surface area contributed by atoms with Crippen molar-refractivity contribution in [3.05, 3.63) is 11.6 Å². The number of rotatable bonds is 2. The minimum absolute atomic E-state index is 0.0132. The number of hydrogen-bond donors (Lipinski definition) is 0. The summed E-state index contributed by atoms with van der Waals surface area (Å²) in [6.45, 7) is 10.3. The summed E-state index contributed by atoms with van der Waals surface area (Å²) in [7, 11) is 0. The summed E-state index contributed by atoms with van der Waals surface area (Å²) in [5.74, 6) is 0.950. The van der Waals surface area contributed by atoms with E-state index in [9.17, 15) is 9.59 Å². The summed E-state index contributed by atoms with van der Waals surface area (Å²) in [5.41, 5.74) is 1.80. The van der Waals surface area contributed by atoms with Crippen LogP contribution in [0.15, 0.2) is 11.6 Å². The molecule has 144 valence electrons. The van der Waals surface area contributed by atoms with E-state index >= 15 is 0 Å². The molecule has 0 aromatic heterocycles. The zero-order valence-electron chi connectivity index (χ0n) is 16.4. The van der Waals surface area contributed by atoms with E-state index < -0.39 is 0 Å². The monoisotopic (exact) mass is 360 g/mol. The lowest BCUT2D eigenvalue weighted by Crippen LogP contribution is -2.50. The van der Waals surface area contributed by atoms with E-state index in [0.717, 1.165) is 39.1 Å². The molecule has 0 aromatic carbocycles. The molecular formula is C21H32N2O3. The summed E-state index contributed by atoms with van der Waals surface area (Å²) >= 11 is 0. The Morgan fingerprint density at radius 3 is 2.73 bits per heavy atom. The number of carbonyl (C=O) groups excluding carboxylic acids is 2. The quantitative estimate of drug-likeness (QED) is 0.561. The predicted octanol–water partition coefficient (Wildman–Crippen LogP) is 2.46. The van der Waals surface area contributed by atoms with Gasteiger partial charge in [-0.1, -0.05) is 31.9 Å². The van der Waals surface area contributed by atoms with E-state index in [1.54, 1.807) is 12.5 Å². The van der Waals surface area contributed by atoms with Crippen molar-refractivity contribution in [2.75, 3.05) is 32.7 Å². The second kappa shape index (κ2) is 6.66. The molecule has 0 bridgehead atoms. The highest BCUT2D eigenvalue weighted by atomic mass is 16.6. The molecule has 5 nitrogen and oxygen atoms in total. The average Bonchev–Trinajstić information content (AvgIpc) is 2.88. The van der Waals surface area contributed by atoms with Crippen LogP contribution in [0.4, 0.5) is 0 Å². The van der Waals surface area contributed by atoms with Crippen molar-refractivity contribution >= 4 is 11.9 Å². The van der Waals surface area contributed by atoms with Gasteiger partial charge >= 0.3 is 5.97 Å². The van der Waals surface area contributed by atoms with Crippen LogP contribution < -0.4 is 0 Å². The Hall–Kier alpha value is -1.36. The van der Waals surface area contributed by atoms with Crippen LogP contribution in [-0.2, 0) is 14.3 Å². The van der Waals surface area contributed by atoms with Gasteiger partial charge in [0.2, 0.25) is 5.91 Å². The fraction of sp³-hybridized carbons (Fsp3) is 0.810. The molecule has 1 unspecified atom stereocenters. The number of allylic oxidation sites excluding steroid dienone is 1. The Balaban J connectivity index is 1.48. The summed E-state index contributed by atoms with van der Waals surface area (Å²) < 4.78 is 5.85. The largest absolute Gasteiger partial charge is 0.461 e. The van der Waals surface area contributed by atoms with Crippen LogP contribution in [0.5, 0.6) is 0 Å². The predicted molar refractivity (Wildman–Crippen MR) is 99.4 cm³/mol. The Morgan fingerprint density at radius 2 is 2.04 bits per heavy atom. The number of amides is 1. The van der Waals surface area contributed by atoms with Crippen LogP contribution in [0.2, 0.25) is 0 Å². The van der Waals surface area contributed by atoms with Crippen LogP contribution >= 0.6 is 0 Å². The maximum Gasteiger partial charge on any atom is 0.311 e. The Labute approximate surface area is 156 Å². The molecule has 1 saturated carbocycles. The van der Waals surface area contributed by atoms with Crippen LogP contribution in [0.1, 0.15) is 46.5 Å². The van der Waals surface area contributed by atoms with Gasteiger partial charge in [-0.2, -0.15) is 0 Å². The number of nitrogens with zero attached hydrogens (tertiary/aromatic N) is 2. The lowest BCUT2D eigenvalue weighted by atomic mass is 9.59. The molecule has 0 radical (unpaired) electrons. The van der Waals surface area contributed by atoms with Gasteiger partial charge in [0.25, 0.3) is 0 Å². The summed E-state index contributed by atoms with van der Waals surface area (Å²) in [6.07, 6.45) is 7.26. The molecule has 5 heteroatoms. The van der Waals surface area contributed by atoms with Crippen molar-refractivity contribution in [2.45, 2.75) is 52.6 Å². The molecule has 2 heterocycles. The van der Waals surface area contributed by atoms with E-state index in [2.05, 4.69) is 24.8 Å². The maximum absolute atomic E-state index is 12.6. The Bertz CT molecular complexity index is 623. The van der Waals surface area contributed by atoms with Gasteiger partial charge in [-0.3, -0.25) is 14.5 Å². The van der Waals surface area contributed by atoms with E-state index in [-0.39, 0.29) is 35.2 Å². The van der Waals surface area contributed by atoms with E-state index in [1.165, 1.54) is 19.3 Å². The van der Waals surface area contributed by atoms with Gasteiger partial charge in [-0.05, 0) is 30.6 Å². The van der Waals surface area contributed by atoms with Gasteiger partial charge in [-0.25, -0.2) is 0 Å². The number of carbonyl (C=O) groups is 2. The van der Waals surface area contributed by atoms with Crippen molar-refractivity contribution in [3.8, 4) is 0 Å². The average molecular weight is 360 g/mol. The molecule has 2 saturated heterocycles. The highest BCUT2D eigenvalue weighted by Gasteiger charge is 2.52. The molecule has 0 aromatic rings. The fourth-order valence-corrected chi connectivity index (χ4v) is 5.78. The third-order valence-corrected chi connectivity index (χ3v) is 7.35. The number of fused-ring (bicyclic) bond motifs is 2. The second-order valence-corrected chi connectivity index (χ2v) is 9.15. The fourth-order valence-electron chi connectivity index (χ4n) is 5.78. The van der Waals surface area contributed by atoms with Crippen LogP contribution in [0, 0.1) is 23.2 Å². The highest BCUT2D eigenvalue weighted by Crippen LogP contribution is 2.53. The summed E-state index contributed by atoms with van der Waals surface area (Å²) in [4.78, 5) is 28.4. The van der Waals surface area contributed by atoms with Crippen LogP contribution in [-0.4, -0.2) is 60.5 Å². The molecule has 2 aliphatic heterocycles. The third-order valence-electron chi connectivity index (χ3n) is 7.35. The molecule has 3 fully saturated rings. The Kier molecular flexibility index (Phi) is 4.62. The zero-order valence-corrected chi connectivity index (χ0v) is 16.4. The van der Waals surface area contributed by atoms with Crippen LogP contribution in [0.25, 0.3) is 0 Å². The summed E-state index contributed by atoms with van der Waals surface area (Å²) in [5, 5.41) is 0. The van der Waals surface area contributed by atoms with Gasteiger partial charge in [-0.15, -0.1) is 0 Å². The minimum atomic E-state index is -0.0462. The highest BCUT2D eigenvalue weighted by molar-refractivity contribution is 5.76. The van der Waals surface area contributed by atoms with E-state index in [1.807, 2.05) is 4.90 Å². The van der Waals surface area contributed by atoms with Gasteiger partial charge in [0.15, 0.2) is 0 Å². The molecular weight excluding hydrogens is 328 g/mol. The molecule has 4 rings (SSSR count). The topological polar surface area (TPSA) is 49.9 Å². The zero-order chi connectivity index (χ0) is 18.5. The van der Waals surface area contributed by atoms with E-state index in [0.29, 0.717) is 5.92 Å². The van der Waals surface area contributed by atoms with Crippen molar-refractivity contribution < 1.29 is 14.3 Å². The number of ether oxygens (including phenoxy) is 1. The first-order valence-corrected chi connectivity index (χ1v) is 10.3. The second-order valence-electron chi connectivity index (χ2n) is 9.15. The molecule has 0 N–H and O–H groups in total. The normalized spacial score (nSPS) is 40.5. The van der Waals surface area contributed by atoms with Crippen molar-refractivity contribution in [1.29, 1.82) is 0 Å². The van der Waals surface area contributed by atoms with Crippen molar-refractivity contribution in [1.82, 2.24) is 9.80 Å². The first-order chi connectivity index (χ1) is 12.4. The van der Waals surface area contributed by atoms with Gasteiger partial charge < -0.3 is 9.64 Å². The summed E-state index contributed by atoms with van der Waals surface area (Å²) in [6, 6.07) is 0. The smallest absolute Gasteiger partial charge is 0.311 e. The van der Waals surface area contributed by atoms with Gasteiger partial charge in [0.05, 0.1) is 5.92 Å². The lowest BCUT2D eigenvalue weighted by molar-refractivity contribution is -0.146. The van der Waals surface area contributed by atoms with Crippen molar-refractivity contribution in [3.63, 3.8) is 0 Å². The first kappa shape index (κ1) is 18.0. The number of hydrogen-bond acceptors (Lipinski definition) is 4. The molecule has 0 spiro atoms. The van der Waals surface area contributed by atoms with Gasteiger partial charge in [0.1, 0.15) is 6.10 Å². The Morgan fingerprint density at radius 1 is 1.31 bits per heavy atom. The maximum atomic E-state index is 12.6. The molecule has 26 heavy (non-hydrogen) atoms. The first-order valence-electron chi connectivity index (χ1n) is 10.3. The third kappa shape index (κ3) is 3.08. The van der Waals surface area contributed by atoms with Crippen LogP contribution in [0.3, 0.4) is 0 Å². The minimum Gasteiger partial charge on any atom is -0.461 e. The molecule has 1 amide bonds. The van der Waals surface area contributed by atoms with E-state index in [4.69, 9.17) is 4.74 Å². The molecule has 4 aliphatic rings. The van der Waals surface area contributed by atoms with Gasteiger partial charge in [0, 0.05) is 45.6 Å². The number of esters is 1. The lowest BCUT2D eigenvalue weighted by Gasteiger charge is -2.46. The standard InChI is InChI=1S/C21H32N2O3/c1-14-5-4-6-21(3)12-19-16(11-18(14)21)17(20(25)26-19)13-22-7-9-23(10-8-22)15(2)24/h11,14,16-17,19H,4-10,12-13H2,1-3H3/t14-,16+,17?,19+,21+/m0/s1. The van der Waals surface area contributed by atoms with Crippen molar-refractivity contribution in [2.24, 2.45) is 23.2 Å². The SMILES string of the molecule is CC(=O)N1CCN(CC2C(=O)O[C@@H]3C[C@@]4(C)CCC[C@H](C)C4=C[C@H]23)CC1. The number of piperazine rings is 1.